The Hall–Kier alpha value is -5.30. The number of carboxylic acids is 1. The number of hydrogen-bond donors (Lipinski definition) is 1. The third-order valence-electron chi connectivity index (χ3n) is 9.60. The van der Waals surface area contributed by atoms with E-state index in [0.29, 0.717) is 0 Å². The number of thiophene rings is 2. The summed E-state index contributed by atoms with van der Waals surface area (Å²) in [4.78, 5) is 15.9. The van der Waals surface area contributed by atoms with Crippen molar-refractivity contribution in [3.63, 3.8) is 0 Å². The van der Waals surface area contributed by atoms with Crippen LogP contribution in [0.25, 0.3) is 43.0 Å². The summed E-state index contributed by atoms with van der Waals surface area (Å²) in [5.41, 5.74) is 7.40. The zero-order valence-corrected chi connectivity index (χ0v) is 33.1. The minimum Gasteiger partial charge on any atom is -0.497 e. The molecule has 278 valence electrons. The summed E-state index contributed by atoms with van der Waals surface area (Å²) < 4.78 is 15.7. The number of methoxy groups -OCH3 is 2. The van der Waals surface area contributed by atoms with Crippen molar-refractivity contribution < 1.29 is 19.4 Å². The first-order chi connectivity index (χ1) is 26.4. The number of benzene rings is 3. The molecule has 0 atom stereocenters. The number of carboxylic acid groups (broad SMARTS) is 1. The Morgan fingerprint density at radius 2 is 1.41 bits per heavy atom. The van der Waals surface area contributed by atoms with Crippen molar-refractivity contribution in [1.29, 1.82) is 5.26 Å². The van der Waals surface area contributed by atoms with E-state index in [-0.39, 0.29) is 5.57 Å². The molecule has 6 aromatic rings. The number of anilines is 3. The predicted octanol–water partition coefficient (Wildman–Crippen LogP) is 13.2. The summed E-state index contributed by atoms with van der Waals surface area (Å²) in [5.74, 6) is 0.390. The fourth-order valence-electron chi connectivity index (χ4n) is 6.75. The number of carbonyl (C=O) groups is 1. The second-order valence-electron chi connectivity index (χ2n) is 13.3. The average Bonchev–Trinajstić information content (AvgIpc) is 3.88. The van der Waals surface area contributed by atoms with Crippen LogP contribution in [0.3, 0.4) is 0 Å². The Balaban J connectivity index is 1.48. The minimum atomic E-state index is -1.21. The molecule has 3 aromatic heterocycles. The van der Waals surface area contributed by atoms with Gasteiger partial charge in [-0.25, -0.2) is 4.79 Å². The van der Waals surface area contributed by atoms with Gasteiger partial charge in [0, 0.05) is 33.4 Å². The summed E-state index contributed by atoms with van der Waals surface area (Å²) in [6.45, 7) is 5.33. The van der Waals surface area contributed by atoms with Crippen LogP contribution in [0.1, 0.15) is 75.7 Å². The van der Waals surface area contributed by atoms with Crippen molar-refractivity contribution in [2.45, 2.75) is 71.8 Å². The third kappa shape index (κ3) is 8.57. The molecule has 9 heteroatoms. The Bertz CT molecular complexity index is 2260. The van der Waals surface area contributed by atoms with E-state index in [0.717, 1.165) is 93.4 Å². The second kappa shape index (κ2) is 18.2. The number of aryl methyl sites for hydroxylation is 1. The number of ether oxygens (including phenoxy) is 2. The van der Waals surface area contributed by atoms with Crippen molar-refractivity contribution in [3.8, 4) is 28.0 Å². The van der Waals surface area contributed by atoms with Crippen LogP contribution in [0.4, 0.5) is 17.1 Å². The highest BCUT2D eigenvalue weighted by Gasteiger charge is 2.21. The molecule has 0 amide bonds. The first kappa shape index (κ1) is 38.4. The molecule has 3 aromatic carbocycles. The molecule has 0 spiro atoms. The molecule has 0 aliphatic carbocycles. The molecular weight excluding hydrogens is 711 g/mol. The maximum atomic E-state index is 11.7. The van der Waals surface area contributed by atoms with E-state index in [1.807, 2.05) is 36.4 Å². The molecule has 0 unspecified atom stereocenters. The van der Waals surface area contributed by atoms with Gasteiger partial charge in [-0.3, -0.25) is 0 Å². The number of fused-ring (bicyclic) bond motifs is 3. The lowest BCUT2D eigenvalue weighted by Crippen LogP contribution is -2.10. The van der Waals surface area contributed by atoms with Gasteiger partial charge in [-0.05, 0) is 109 Å². The van der Waals surface area contributed by atoms with Gasteiger partial charge in [0.1, 0.15) is 23.1 Å². The van der Waals surface area contributed by atoms with Crippen LogP contribution in [0, 0.1) is 11.3 Å². The van der Waals surface area contributed by atoms with Gasteiger partial charge in [0.05, 0.1) is 34.7 Å². The van der Waals surface area contributed by atoms with Crippen LogP contribution in [0.5, 0.6) is 11.5 Å². The largest absolute Gasteiger partial charge is 0.497 e. The molecule has 54 heavy (non-hydrogen) atoms. The van der Waals surface area contributed by atoms with E-state index in [2.05, 4.69) is 84.0 Å². The van der Waals surface area contributed by atoms with Crippen LogP contribution < -0.4 is 14.4 Å². The summed E-state index contributed by atoms with van der Waals surface area (Å²) in [5, 5.41) is 19.0. The molecule has 1 N–H and O–H groups in total. The molecular formula is C45H47N3O4S2. The lowest BCUT2D eigenvalue weighted by Gasteiger charge is -2.26. The fraction of sp³-hybridized carbons (Fsp3) is 0.289. The predicted molar refractivity (Wildman–Crippen MR) is 227 cm³/mol. The summed E-state index contributed by atoms with van der Waals surface area (Å²) in [6.07, 6.45) is 15.2. The van der Waals surface area contributed by atoms with E-state index in [1.165, 1.54) is 40.4 Å². The van der Waals surface area contributed by atoms with Crippen molar-refractivity contribution in [1.82, 2.24) is 4.57 Å². The van der Waals surface area contributed by atoms with E-state index in [1.54, 1.807) is 36.9 Å². The Morgan fingerprint density at radius 3 is 2.02 bits per heavy atom. The highest BCUT2D eigenvalue weighted by Crippen LogP contribution is 2.46. The summed E-state index contributed by atoms with van der Waals surface area (Å²) >= 11 is 3.33. The van der Waals surface area contributed by atoms with Gasteiger partial charge in [0.2, 0.25) is 0 Å². The number of aromatic nitrogens is 1. The minimum absolute atomic E-state index is 0.259. The van der Waals surface area contributed by atoms with E-state index >= 15 is 0 Å². The van der Waals surface area contributed by atoms with Gasteiger partial charge in [-0.15, -0.1) is 22.7 Å². The zero-order valence-electron chi connectivity index (χ0n) is 31.4. The average molecular weight is 758 g/mol. The SMILES string of the molecule is CCCCC/C=C/c1cc(N(c2ccc(OC)cc2)c2ccc(OC)cc2)ccc1-c1cc2c(s1)c1sc(/C=C(/C#N)C(=O)O)cc1n2CCCCCC. The van der Waals surface area contributed by atoms with Gasteiger partial charge in [-0.1, -0.05) is 64.2 Å². The molecule has 0 bridgehead atoms. The normalized spacial score (nSPS) is 11.8. The Labute approximate surface area is 326 Å². The Kier molecular flexibility index (Phi) is 12.9. The van der Waals surface area contributed by atoms with E-state index in [4.69, 9.17) is 9.47 Å². The highest BCUT2D eigenvalue weighted by atomic mass is 32.1. The molecule has 0 radical (unpaired) electrons. The van der Waals surface area contributed by atoms with Crippen molar-refractivity contribution in [2.75, 3.05) is 19.1 Å². The smallest absolute Gasteiger partial charge is 0.346 e. The molecule has 0 saturated heterocycles. The first-order valence-corrected chi connectivity index (χ1v) is 20.3. The van der Waals surface area contributed by atoms with E-state index < -0.39 is 5.97 Å². The summed E-state index contributed by atoms with van der Waals surface area (Å²) in [6, 6.07) is 29.2. The maximum absolute atomic E-state index is 11.7. The standard InChI is InChI=1S/C45H47N3O4S2/c1-5-7-9-11-12-14-31-26-35(48(33-15-20-36(51-3)21-16-33)34-17-22-37(52-4)23-18-34)19-24-39(31)42-29-41-44(54-42)43-40(47(41)25-13-10-8-6-2)28-38(53-43)27-32(30-46)45(49)50/h12,14-24,26-29H,5-11,13,25H2,1-4H3,(H,49,50)/b14-12+,32-27-. The number of rotatable bonds is 18. The highest BCUT2D eigenvalue weighted by molar-refractivity contribution is 7.29. The van der Waals surface area contributed by atoms with Crippen molar-refractivity contribution in [3.05, 3.63) is 101 Å². The third-order valence-corrected chi connectivity index (χ3v) is 12.0. The number of aliphatic carboxylic acids is 1. The van der Waals surface area contributed by atoms with Gasteiger partial charge < -0.3 is 24.0 Å². The summed E-state index contributed by atoms with van der Waals surface area (Å²) in [7, 11) is 3.36. The number of unbranched alkanes of at least 4 members (excludes halogenated alkanes) is 6. The molecule has 7 nitrogen and oxygen atoms in total. The molecule has 0 aliphatic rings. The lowest BCUT2D eigenvalue weighted by atomic mass is 10.0. The van der Waals surface area contributed by atoms with Crippen LogP contribution in [-0.2, 0) is 11.3 Å². The number of nitriles is 1. The van der Waals surface area contributed by atoms with E-state index in [9.17, 15) is 15.2 Å². The number of nitrogens with zero attached hydrogens (tertiary/aromatic N) is 3. The van der Waals surface area contributed by atoms with Crippen LogP contribution in [0.15, 0.2) is 90.5 Å². The van der Waals surface area contributed by atoms with Gasteiger partial charge in [0.25, 0.3) is 0 Å². The fourth-order valence-corrected chi connectivity index (χ4v) is 9.21. The molecule has 3 heterocycles. The van der Waals surface area contributed by atoms with Crippen molar-refractivity contribution in [2.24, 2.45) is 0 Å². The lowest BCUT2D eigenvalue weighted by molar-refractivity contribution is -0.132. The van der Waals surface area contributed by atoms with Gasteiger partial charge in [-0.2, -0.15) is 5.26 Å². The molecule has 0 fully saturated rings. The quantitative estimate of drug-likeness (QED) is 0.0533. The monoisotopic (exact) mass is 757 g/mol. The zero-order chi connectivity index (χ0) is 38.0. The molecule has 0 aliphatic heterocycles. The topological polar surface area (TPSA) is 87.7 Å². The Morgan fingerprint density at radius 1 is 0.796 bits per heavy atom. The maximum Gasteiger partial charge on any atom is 0.346 e. The van der Waals surface area contributed by atoms with Gasteiger partial charge >= 0.3 is 5.97 Å². The van der Waals surface area contributed by atoms with Crippen LogP contribution in [-0.4, -0.2) is 29.9 Å². The van der Waals surface area contributed by atoms with Crippen LogP contribution >= 0.6 is 22.7 Å². The van der Waals surface area contributed by atoms with Crippen LogP contribution in [0.2, 0.25) is 0 Å². The first-order valence-electron chi connectivity index (χ1n) is 18.7. The van der Waals surface area contributed by atoms with Gasteiger partial charge in [0.15, 0.2) is 0 Å². The molecule has 0 saturated carbocycles. The number of hydrogen-bond acceptors (Lipinski definition) is 7. The second-order valence-corrected chi connectivity index (χ2v) is 15.4. The van der Waals surface area contributed by atoms with Crippen molar-refractivity contribution >= 4 is 78.3 Å². The molecule has 6 rings (SSSR count). The number of allylic oxidation sites excluding steroid dienone is 1.